The summed E-state index contributed by atoms with van der Waals surface area (Å²) in [6, 6.07) is 8.92. The first-order chi connectivity index (χ1) is 5.83. The highest BCUT2D eigenvalue weighted by Gasteiger charge is 1.95. The SMILES string of the molecule is O=C(C=NO)Nc1ccccc1. The van der Waals surface area contributed by atoms with Gasteiger partial charge in [0, 0.05) is 5.69 Å². The van der Waals surface area contributed by atoms with Crippen molar-refractivity contribution in [3.8, 4) is 0 Å². The molecule has 0 fully saturated rings. The summed E-state index contributed by atoms with van der Waals surface area (Å²) in [6.07, 6.45) is 0.799. The van der Waals surface area contributed by atoms with Crippen molar-refractivity contribution in [2.24, 2.45) is 5.16 Å². The largest absolute Gasteiger partial charge is 0.411 e. The standard InChI is InChI=1S/C8H8N2O2/c11-8(6-9-12)10-7-4-2-1-3-5-7/h1-6,12H,(H,10,11). The molecule has 0 unspecified atom stereocenters. The maximum Gasteiger partial charge on any atom is 0.270 e. The van der Waals surface area contributed by atoms with Crippen molar-refractivity contribution >= 4 is 17.8 Å². The third-order valence-corrected chi connectivity index (χ3v) is 1.22. The van der Waals surface area contributed by atoms with E-state index in [1.165, 1.54) is 0 Å². The van der Waals surface area contributed by atoms with E-state index in [1.807, 2.05) is 6.07 Å². The number of para-hydroxylation sites is 1. The molecule has 4 heteroatoms. The van der Waals surface area contributed by atoms with E-state index in [9.17, 15) is 4.79 Å². The fraction of sp³-hybridized carbons (Fsp3) is 0. The van der Waals surface area contributed by atoms with Crippen LogP contribution in [-0.4, -0.2) is 17.3 Å². The van der Waals surface area contributed by atoms with E-state index in [1.54, 1.807) is 24.3 Å². The zero-order valence-electron chi connectivity index (χ0n) is 6.27. The molecule has 1 aromatic rings. The molecule has 62 valence electrons. The van der Waals surface area contributed by atoms with Gasteiger partial charge in [-0.1, -0.05) is 23.4 Å². The summed E-state index contributed by atoms with van der Waals surface area (Å²) in [4.78, 5) is 10.8. The molecule has 0 bridgehead atoms. The number of amides is 1. The lowest BCUT2D eigenvalue weighted by atomic mass is 10.3. The van der Waals surface area contributed by atoms with Gasteiger partial charge in [-0.05, 0) is 12.1 Å². The summed E-state index contributed by atoms with van der Waals surface area (Å²) in [6.45, 7) is 0. The Balaban J connectivity index is 2.59. The first kappa shape index (κ1) is 8.26. The van der Waals surface area contributed by atoms with Gasteiger partial charge >= 0.3 is 0 Å². The zero-order chi connectivity index (χ0) is 8.81. The summed E-state index contributed by atoms with van der Waals surface area (Å²) in [7, 11) is 0. The first-order valence-electron chi connectivity index (χ1n) is 3.36. The molecule has 12 heavy (non-hydrogen) atoms. The Kier molecular flexibility index (Phi) is 2.84. The molecule has 0 radical (unpaired) electrons. The summed E-state index contributed by atoms with van der Waals surface area (Å²) in [5, 5.41) is 13.1. The normalized spacial score (nSPS) is 10.0. The van der Waals surface area contributed by atoms with Crippen molar-refractivity contribution in [2.75, 3.05) is 5.32 Å². The van der Waals surface area contributed by atoms with E-state index in [0.717, 1.165) is 6.21 Å². The number of rotatable bonds is 2. The Labute approximate surface area is 69.5 Å². The fourth-order valence-corrected chi connectivity index (χ4v) is 0.748. The van der Waals surface area contributed by atoms with E-state index < -0.39 is 5.91 Å². The van der Waals surface area contributed by atoms with Crippen molar-refractivity contribution in [3.63, 3.8) is 0 Å². The van der Waals surface area contributed by atoms with Crippen LogP contribution in [0, 0.1) is 0 Å². The molecule has 0 aliphatic rings. The van der Waals surface area contributed by atoms with Crippen LogP contribution in [0.2, 0.25) is 0 Å². The number of oxime groups is 1. The van der Waals surface area contributed by atoms with E-state index in [-0.39, 0.29) is 0 Å². The summed E-state index contributed by atoms with van der Waals surface area (Å²) < 4.78 is 0. The lowest BCUT2D eigenvalue weighted by Crippen LogP contribution is -2.12. The second-order valence-corrected chi connectivity index (χ2v) is 2.10. The molecule has 0 aromatic heterocycles. The molecule has 1 aromatic carbocycles. The highest BCUT2D eigenvalue weighted by Crippen LogP contribution is 2.03. The molecular formula is C8H8N2O2. The van der Waals surface area contributed by atoms with E-state index >= 15 is 0 Å². The van der Waals surface area contributed by atoms with Gasteiger partial charge < -0.3 is 10.5 Å². The van der Waals surface area contributed by atoms with Gasteiger partial charge in [0.1, 0.15) is 6.21 Å². The van der Waals surface area contributed by atoms with Crippen LogP contribution < -0.4 is 5.32 Å². The number of nitrogens with zero attached hydrogens (tertiary/aromatic N) is 1. The molecule has 0 atom stereocenters. The van der Waals surface area contributed by atoms with Gasteiger partial charge in [0.05, 0.1) is 0 Å². The maximum atomic E-state index is 10.8. The minimum Gasteiger partial charge on any atom is -0.411 e. The molecule has 0 saturated heterocycles. The number of nitrogens with one attached hydrogen (secondary N) is 1. The number of carbonyl (C=O) groups excluding carboxylic acids is 1. The molecule has 0 saturated carbocycles. The summed E-state index contributed by atoms with van der Waals surface area (Å²) >= 11 is 0. The second kappa shape index (κ2) is 4.12. The van der Waals surface area contributed by atoms with Crippen LogP contribution in [0.5, 0.6) is 0 Å². The molecule has 0 spiro atoms. The third kappa shape index (κ3) is 2.42. The maximum absolute atomic E-state index is 10.8. The number of hydrogen-bond acceptors (Lipinski definition) is 3. The van der Waals surface area contributed by atoms with Crippen LogP contribution in [0.3, 0.4) is 0 Å². The van der Waals surface area contributed by atoms with E-state index in [0.29, 0.717) is 5.69 Å². The highest BCUT2D eigenvalue weighted by molar-refractivity contribution is 6.31. The second-order valence-electron chi connectivity index (χ2n) is 2.10. The average molecular weight is 164 g/mol. The Hall–Kier alpha value is -1.84. The smallest absolute Gasteiger partial charge is 0.270 e. The van der Waals surface area contributed by atoms with Crippen LogP contribution >= 0.6 is 0 Å². The minimum absolute atomic E-state index is 0.455. The van der Waals surface area contributed by atoms with E-state index in [4.69, 9.17) is 5.21 Å². The van der Waals surface area contributed by atoms with Crippen LogP contribution in [0.4, 0.5) is 5.69 Å². The van der Waals surface area contributed by atoms with Crippen molar-refractivity contribution in [1.29, 1.82) is 0 Å². The third-order valence-electron chi connectivity index (χ3n) is 1.22. The van der Waals surface area contributed by atoms with Gasteiger partial charge in [-0.3, -0.25) is 4.79 Å². The van der Waals surface area contributed by atoms with Crippen LogP contribution in [0.25, 0.3) is 0 Å². The van der Waals surface area contributed by atoms with Crippen LogP contribution in [-0.2, 0) is 4.79 Å². The highest BCUT2D eigenvalue weighted by atomic mass is 16.4. The molecule has 0 heterocycles. The minimum atomic E-state index is -0.455. The van der Waals surface area contributed by atoms with Gasteiger partial charge in [0.25, 0.3) is 5.91 Å². The van der Waals surface area contributed by atoms with Crippen molar-refractivity contribution in [2.45, 2.75) is 0 Å². The van der Waals surface area contributed by atoms with Crippen molar-refractivity contribution < 1.29 is 10.0 Å². The van der Waals surface area contributed by atoms with Gasteiger partial charge in [-0.25, -0.2) is 0 Å². The molecule has 0 aliphatic heterocycles. The molecule has 2 N–H and O–H groups in total. The number of carbonyl (C=O) groups is 1. The van der Waals surface area contributed by atoms with Gasteiger partial charge in [0.15, 0.2) is 0 Å². The lowest BCUT2D eigenvalue weighted by molar-refractivity contribution is -0.110. The first-order valence-corrected chi connectivity index (χ1v) is 3.36. The molecule has 0 aliphatic carbocycles. The van der Waals surface area contributed by atoms with Crippen LogP contribution in [0.15, 0.2) is 35.5 Å². The van der Waals surface area contributed by atoms with Crippen molar-refractivity contribution in [3.05, 3.63) is 30.3 Å². The van der Waals surface area contributed by atoms with Crippen LogP contribution in [0.1, 0.15) is 0 Å². The topological polar surface area (TPSA) is 61.7 Å². The Morgan fingerprint density at radius 1 is 1.42 bits per heavy atom. The van der Waals surface area contributed by atoms with E-state index in [2.05, 4.69) is 10.5 Å². The summed E-state index contributed by atoms with van der Waals surface area (Å²) in [5.41, 5.74) is 0.669. The number of anilines is 1. The molecule has 1 amide bonds. The van der Waals surface area contributed by atoms with Gasteiger partial charge in [-0.15, -0.1) is 0 Å². The Morgan fingerprint density at radius 2 is 2.08 bits per heavy atom. The molecular weight excluding hydrogens is 156 g/mol. The predicted molar refractivity (Wildman–Crippen MR) is 45.4 cm³/mol. The zero-order valence-corrected chi connectivity index (χ0v) is 6.27. The molecule has 4 nitrogen and oxygen atoms in total. The van der Waals surface area contributed by atoms with Gasteiger partial charge in [0.2, 0.25) is 0 Å². The number of benzene rings is 1. The summed E-state index contributed by atoms with van der Waals surface area (Å²) in [5.74, 6) is -0.455. The number of hydrogen-bond donors (Lipinski definition) is 2. The lowest BCUT2D eigenvalue weighted by Gasteiger charge is -1.98. The monoisotopic (exact) mass is 164 g/mol. The molecule has 1 rings (SSSR count). The fourth-order valence-electron chi connectivity index (χ4n) is 0.748. The van der Waals surface area contributed by atoms with Crippen molar-refractivity contribution in [1.82, 2.24) is 0 Å². The predicted octanol–water partition coefficient (Wildman–Crippen LogP) is 1.09. The Bertz CT molecular complexity index is 282. The quantitative estimate of drug-likeness (QED) is 0.390. The average Bonchev–Trinajstić information content (AvgIpc) is 2.06. The van der Waals surface area contributed by atoms with Gasteiger partial charge in [-0.2, -0.15) is 0 Å². The Morgan fingerprint density at radius 3 is 2.67 bits per heavy atom.